The molecule has 1 aliphatic heterocycles. The maximum absolute atomic E-state index is 3.87. The highest BCUT2D eigenvalue weighted by Gasteiger charge is 2.26. The molecule has 1 saturated heterocycles. The van der Waals surface area contributed by atoms with Gasteiger partial charge in [-0.15, -0.1) is 0 Å². The summed E-state index contributed by atoms with van der Waals surface area (Å²) in [6.45, 7) is 7.24. The summed E-state index contributed by atoms with van der Waals surface area (Å²) in [5, 5.41) is 7.30. The normalized spacial score (nSPS) is 39.2. The molecule has 3 unspecified atom stereocenters. The van der Waals surface area contributed by atoms with Crippen LogP contribution in [0, 0.1) is 11.8 Å². The monoisotopic (exact) mass is 210 g/mol. The molecule has 2 fully saturated rings. The molecule has 0 amide bonds. The van der Waals surface area contributed by atoms with Crippen molar-refractivity contribution in [1.82, 2.24) is 10.6 Å². The minimum atomic E-state index is 0.789. The summed E-state index contributed by atoms with van der Waals surface area (Å²) in [5.41, 5.74) is 0. The summed E-state index contributed by atoms with van der Waals surface area (Å²) in [5.74, 6) is 1.86. The van der Waals surface area contributed by atoms with Crippen LogP contribution >= 0.6 is 0 Å². The standard InChI is InChI=1S/C13H26N2/c1-10-3-4-13(9-11(10)2)15-12-5-7-14-8-6-12/h10-15H,3-9H2,1-2H3. The molecule has 0 bridgehead atoms. The van der Waals surface area contributed by atoms with E-state index < -0.39 is 0 Å². The van der Waals surface area contributed by atoms with Crippen molar-refractivity contribution in [1.29, 1.82) is 0 Å². The second-order valence-corrected chi connectivity index (χ2v) is 5.66. The molecule has 0 spiro atoms. The van der Waals surface area contributed by atoms with Crippen LogP contribution in [0.5, 0.6) is 0 Å². The van der Waals surface area contributed by atoms with Crippen LogP contribution < -0.4 is 10.6 Å². The molecular weight excluding hydrogens is 184 g/mol. The predicted octanol–water partition coefficient (Wildman–Crippen LogP) is 2.15. The molecule has 2 N–H and O–H groups in total. The SMILES string of the molecule is CC1CCC(NC2CCNCC2)CC1C. The van der Waals surface area contributed by atoms with Gasteiger partial charge in [0.1, 0.15) is 0 Å². The highest BCUT2D eigenvalue weighted by molar-refractivity contribution is 4.84. The largest absolute Gasteiger partial charge is 0.317 e. The van der Waals surface area contributed by atoms with Crippen LogP contribution in [-0.4, -0.2) is 25.2 Å². The van der Waals surface area contributed by atoms with Crippen molar-refractivity contribution < 1.29 is 0 Å². The fourth-order valence-electron chi connectivity index (χ4n) is 3.02. The van der Waals surface area contributed by atoms with Crippen LogP contribution in [0.25, 0.3) is 0 Å². The number of piperidine rings is 1. The second kappa shape index (κ2) is 5.31. The number of nitrogens with one attached hydrogen (secondary N) is 2. The van der Waals surface area contributed by atoms with Gasteiger partial charge in [-0.25, -0.2) is 0 Å². The molecule has 3 atom stereocenters. The van der Waals surface area contributed by atoms with Crippen molar-refractivity contribution in [3.05, 3.63) is 0 Å². The molecule has 2 heteroatoms. The molecule has 1 heterocycles. The topological polar surface area (TPSA) is 24.1 Å². The van der Waals surface area contributed by atoms with Gasteiger partial charge >= 0.3 is 0 Å². The van der Waals surface area contributed by atoms with Crippen LogP contribution in [0.2, 0.25) is 0 Å². The molecule has 2 aliphatic rings. The Hall–Kier alpha value is -0.0800. The minimum Gasteiger partial charge on any atom is -0.317 e. The molecule has 15 heavy (non-hydrogen) atoms. The maximum Gasteiger partial charge on any atom is 0.00938 e. The summed E-state index contributed by atoms with van der Waals surface area (Å²) in [6, 6.07) is 1.59. The highest BCUT2D eigenvalue weighted by Crippen LogP contribution is 2.29. The van der Waals surface area contributed by atoms with Crippen LogP contribution in [0.15, 0.2) is 0 Å². The van der Waals surface area contributed by atoms with Crippen LogP contribution in [0.3, 0.4) is 0 Å². The van der Waals surface area contributed by atoms with Crippen LogP contribution in [0.1, 0.15) is 46.0 Å². The molecule has 2 nitrogen and oxygen atoms in total. The molecule has 1 aliphatic carbocycles. The lowest BCUT2D eigenvalue weighted by molar-refractivity contribution is 0.205. The van der Waals surface area contributed by atoms with E-state index in [0.29, 0.717) is 0 Å². The highest BCUT2D eigenvalue weighted by atomic mass is 15.0. The predicted molar refractivity (Wildman–Crippen MR) is 65.0 cm³/mol. The molecule has 1 saturated carbocycles. The minimum absolute atomic E-state index is 0.789. The number of hydrogen-bond donors (Lipinski definition) is 2. The quantitative estimate of drug-likeness (QED) is 0.730. The zero-order chi connectivity index (χ0) is 10.7. The summed E-state index contributed by atoms with van der Waals surface area (Å²) < 4.78 is 0. The molecule has 88 valence electrons. The lowest BCUT2D eigenvalue weighted by Gasteiger charge is -2.36. The Morgan fingerprint density at radius 3 is 2.27 bits per heavy atom. The second-order valence-electron chi connectivity index (χ2n) is 5.66. The Morgan fingerprint density at radius 2 is 1.60 bits per heavy atom. The molecule has 0 aromatic carbocycles. The molecule has 2 rings (SSSR count). The summed E-state index contributed by atoms with van der Waals surface area (Å²) in [4.78, 5) is 0. The third-order valence-electron chi connectivity index (χ3n) is 4.41. The molecule has 0 aromatic heterocycles. The van der Waals surface area contributed by atoms with E-state index in [1.54, 1.807) is 0 Å². The van der Waals surface area contributed by atoms with E-state index in [4.69, 9.17) is 0 Å². The lowest BCUT2D eigenvalue weighted by atomic mass is 9.79. The van der Waals surface area contributed by atoms with E-state index in [0.717, 1.165) is 23.9 Å². The molecular formula is C13H26N2. The summed E-state index contributed by atoms with van der Waals surface area (Å²) in [6.07, 6.45) is 6.85. The maximum atomic E-state index is 3.87. The Bertz CT molecular complexity index is 187. The van der Waals surface area contributed by atoms with Gasteiger partial charge in [0.05, 0.1) is 0 Å². The smallest absolute Gasteiger partial charge is 0.00938 e. The van der Waals surface area contributed by atoms with Gasteiger partial charge in [0, 0.05) is 12.1 Å². The summed E-state index contributed by atoms with van der Waals surface area (Å²) >= 11 is 0. The van der Waals surface area contributed by atoms with Gasteiger partial charge < -0.3 is 10.6 Å². The van der Waals surface area contributed by atoms with Crippen molar-refractivity contribution >= 4 is 0 Å². The lowest BCUT2D eigenvalue weighted by Crippen LogP contribution is -2.46. The number of rotatable bonds is 2. The molecule has 0 radical (unpaired) electrons. The van der Waals surface area contributed by atoms with Crippen molar-refractivity contribution in [2.24, 2.45) is 11.8 Å². The van der Waals surface area contributed by atoms with Gasteiger partial charge in [-0.05, 0) is 57.0 Å². The third-order valence-corrected chi connectivity index (χ3v) is 4.41. The van der Waals surface area contributed by atoms with Crippen molar-refractivity contribution in [3.8, 4) is 0 Å². The van der Waals surface area contributed by atoms with Crippen LogP contribution in [0.4, 0.5) is 0 Å². The number of hydrogen-bond acceptors (Lipinski definition) is 2. The van der Waals surface area contributed by atoms with E-state index in [9.17, 15) is 0 Å². The average molecular weight is 210 g/mol. The van der Waals surface area contributed by atoms with E-state index >= 15 is 0 Å². The Balaban J connectivity index is 1.74. The Labute approximate surface area is 94.2 Å². The zero-order valence-electron chi connectivity index (χ0n) is 10.3. The Morgan fingerprint density at radius 1 is 0.867 bits per heavy atom. The fourth-order valence-corrected chi connectivity index (χ4v) is 3.02. The van der Waals surface area contributed by atoms with Gasteiger partial charge in [-0.3, -0.25) is 0 Å². The van der Waals surface area contributed by atoms with E-state index in [1.807, 2.05) is 0 Å². The van der Waals surface area contributed by atoms with Crippen LogP contribution in [-0.2, 0) is 0 Å². The fraction of sp³-hybridized carbons (Fsp3) is 1.00. The van der Waals surface area contributed by atoms with E-state index in [-0.39, 0.29) is 0 Å². The first-order chi connectivity index (χ1) is 7.25. The Kier molecular flexibility index (Phi) is 4.04. The van der Waals surface area contributed by atoms with Gasteiger partial charge in [0.15, 0.2) is 0 Å². The first-order valence-electron chi connectivity index (χ1n) is 6.72. The zero-order valence-corrected chi connectivity index (χ0v) is 10.3. The van der Waals surface area contributed by atoms with Gasteiger partial charge in [0.25, 0.3) is 0 Å². The average Bonchev–Trinajstić information content (AvgIpc) is 2.25. The van der Waals surface area contributed by atoms with Crippen molar-refractivity contribution in [2.75, 3.05) is 13.1 Å². The van der Waals surface area contributed by atoms with Gasteiger partial charge in [0.2, 0.25) is 0 Å². The first kappa shape index (κ1) is 11.4. The van der Waals surface area contributed by atoms with Gasteiger partial charge in [-0.1, -0.05) is 13.8 Å². The van der Waals surface area contributed by atoms with Crippen molar-refractivity contribution in [2.45, 2.75) is 58.0 Å². The van der Waals surface area contributed by atoms with Gasteiger partial charge in [-0.2, -0.15) is 0 Å². The van der Waals surface area contributed by atoms with Crippen molar-refractivity contribution in [3.63, 3.8) is 0 Å². The third kappa shape index (κ3) is 3.18. The molecule has 0 aromatic rings. The first-order valence-corrected chi connectivity index (χ1v) is 6.72. The summed E-state index contributed by atoms with van der Waals surface area (Å²) in [7, 11) is 0. The van der Waals surface area contributed by atoms with E-state index in [1.165, 1.54) is 45.2 Å². The van der Waals surface area contributed by atoms with E-state index in [2.05, 4.69) is 24.5 Å².